The second-order valence-corrected chi connectivity index (χ2v) is 23.5. The molecule has 9 rings (SSSR count). The standard InChI is InChI=1S/C56H64N4O10Si/c1-37-25-46-40(16-17-43-29-41-11-6-8-13-49(41)59(43)55(46)62)31-51(37)69-35-38-26-39(28-44(27-38)58(54(61)15-10-24-71(4,5)64)18-19-67-22-23-68-21-20-65-2)36-70-53-33-48-47(32-52(53)66-3)56(63)60-45(34-57-48)30-42-12-7-9-14-50(42)60/h6-9,11-14,25-28,31-34,43,45,64H,10,15-24,29-30,35-36H2,1-5H3/t43-,45+/m1/s1. The molecule has 0 bridgehead atoms. The van der Waals surface area contributed by atoms with E-state index in [0.29, 0.717) is 85.1 Å². The maximum atomic E-state index is 14.3. The summed E-state index contributed by atoms with van der Waals surface area (Å²) in [6.45, 7) is 8.20. The molecule has 0 saturated carbocycles. The summed E-state index contributed by atoms with van der Waals surface area (Å²) in [6, 6.07) is 29.9. The zero-order valence-electron chi connectivity index (χ0n) is 41.4. The van der Waals surface area contributed by atoms with E-state index >= 15 is 0 Å². The Bertz CT molecular complexity index is 2810. The Kier molecular flexibility index (Phi) is 15.3. The summed E-state index contributed by atoms with van der Waals surface area (Å²) in [5, 5.41) is 0. The molecule has 5 aromatic rings. The summed E-state index contributed by atoms with van der Waals surface area (Å²) in [7, 11) is 0.781. The largest absolute Gasteiger partial charge is 0.493 e. The molecule has 0 spiro atoms. The first-order valence-electron chi connectivity index (χ1n) is 24.7. The van der Waals surface area contributed by atoms with E-state index in [1.807, 2.05) is 104 Å². The highest BCUT2D eigenvalue weighted by atomic mass is 28.4. The number of rotatable bonds is 21. The highest BCUT2D eigenvalue weighted by Crippen LogP contribution is 2.42. The van der Waals surface area contributed by atoms with Crippen LogP contribution in [0.25, 0.3) is 0 Å². The number of nitrogens with zero attached hydrogens (tertiary/aromatic N) is 4. The molecule has 0 fully saturated rings. The van der Waals surface area contributed by atoms with Gasteiger partial charge in [-0.05, 0) is 134 Å². The van der Waals surface area contributed by atoms with E-state index in [-0.39, 0.29) is 62.6 Å². The molecule has 15 heteroatoms. The Balaban J connectivity index is 0.993. The van der Waals surface area contributed by atoms with Gasteiger partial charge in [0.25, 0.3) is 11.8 Å². The number of benzene rings is 5. The van der Waals surface area contributed by atoms with Gasteiger partial charge in [0.15, 0.2) is 19.8 Å². The fourth-order valence-corrected chi connectivity index (χ4v) is 11.2. The van der Waals surface area contributed by atoms with Gasteiger partial charge in [0, 0.05) is 67.4 Å². The molecule has 71 heavy (non-hydrogen) atoms. The minimum atomic E-state index is -2.39. The lowest BCUT2D eigenvalue weighted by molar-refractivity contribution is -0.118. The highest BCUT2D eigenvalue weighted by Gasteiger charge is 2.38. The molecule has 0 saturated heterocycles. The second-order valence-electron chi connectivity index (χ2n) is 19.4. The molecule has 372 valence electrons. The summed E-state index contributed by atoms with van der Waals surface area (Å²) in [5.41, 5.74) is 9.79. The minimum absolute atomic E-state index is 0.0207. The zero-order valence-corrected chi connectivity index (χ0v) is 42.4. The van der Waals surface area contributed by atoms with Gasteiger partial charge >= 0.3 is 0 Å². The van der Waals surface area contributed by atoms with Crippen molar-refractivity contribution in [3.8, 4) is 17.2 Å². The molecule has 0 radical (unpaired) electrons. The zero-order chi connectivity index (χ0) is 49.6. The molecule has 4 aliphatic rings. The minimum Gasteiger partial charge on any atom is -0.493 e. The van der Waals surface area contributed by atoms with Gasteiger partial charge in [0.05, 0.1) is 57.4 Å². The first kappa shape index (κ1) is 49.6. The Hall–Kier alpha value is -6.36. The van der Waals surface area contributed by atoms with Gasteiger partial charge in [-0.3, -0.25) is 24.3 Å². The number of methoxy groups -OCH3 is 2. The fourth-order valence-electron chi connectivity index (χ4n) is 10.1. The van der Waals surface area contributed by atoms with Crippen molar-refractivity contribution in [3.05, 3.63) is 136 Å². The molecule has 4 aliphatic heterocycles. The van der Waals surface area contributed by atoms with E-state index in [4.69, 9.17) is 33.4 Å². The van der Waals surface area contributed by atoms with Crippen LogP contribution in [0, 0.1) is 6.92 Å². The number of carbonyl (C=O) groups excluding carboxylic acids is 3. The number of hydrogen-bond donors (Lipinski definition) is 1. The second kappa shape index (κ2) is 22.0. The van der Waals surface area contributed by atoms with Crippen LogP contribution in [0.15, 0.2) is 96.0 Å². The van der Waals surface area contributed by atoms with Crippen LogP contribution in [0.1, 0.15) is 73.4 Å². The van der Waals surface area contributed by atoms with Crippen LogP contribution < -0.4 is 28.9 Å². The number of anilines is 3. The lowest BCUT2D eigenvalue weighted by atomic mass is 9.98. The highest BCUT2D eigenvalue weighted by molar-refractivity contribution is 6.69. The number of aryl methyl sites for hydroxylation is 2. The van der Waals surface area contributed by atoms with Crippen LogP contribution >= 0.6 is 0 Å². The van der Waals surface area contributed by atoms with Crippen LogP contribution in [0.4, 0.5) is 22.7 Å². The quantitative estimate of drug-likeness (QED) is 0.0558. The number of fused-ring (bicyclic) bond motifs is 8. The van der Waals surface area contributed by atoms with Crippen LogP contribution in [0.2, 0.25) is 19.1 Å². The van der Waals surface area contributed by atoms with Crippen molar-refractivity contribution < 1.29 is 47.6 Å². The predicted octanol–water partition coefficient (Wildman–Crippen LogP) is 8.96. The van der Waals surface area contributed by atoms with Gasteiger partial charge in [-0.15, -0.1) is 0 Å². The van der Waals surface area contributed by atoms with E-state index in [2.05, 4.69) is 6.07 Å². The lowest BCUT2D eigenvalue weighted by Gasteiger charge is -2.25. The van der Waals surface area contributed by atoms with E-state index in [9.17, 15) is 19.2 Å². The third kappa shape index (κ3) is 11.2. The monoisotopic (exact) mass is 980 g/mol. The van der Waals surface area contributed by atoms with Gasteiger partial charge in [-0.2, -0.15) is 0 Å². The fraction of sp³-hybridized carbons (Fsp3) is 0.393. The molecule has 0 unspecified atom stereocenters. The van der Waals surface area contributed by atoms with Crippen LogP contribution in [-0.4, -0.2) is 103 Å². The Morgan fingerprint density at radius 1 is 0.746 bits per heavy atom. The van der Waals surface area contributed by atoms with E-state index < -0.39 is 8.32 Å². The van der Waals surface area contributed by atoms with Gasteiger partial charge in [0.1, 0.15) is 19.0 Å². The predicted molar refractivity (Wildman–Crippen MR) is 277 cm³/mol. The average Bonchev–Trinajstić information content (AvgIpc) is 3.85. The third-order valence-electron chi connectivity index (χ3n) is 13.7. The van der Waals surface area contributed by atoms with Crippen molar-refractivity contribution in [2.45, 2.75) is 89.9 Å². The van der Waals surface area contributed by atoms with Crippen molar-refractivity contribution in [2.24, 2.45) is 4.99 Å². The maximum absolute atomic E-state index is 14.3. The van der Waals surface area contributed by atoms with Crippen molar-refractivity contribution in [3.63, 3.8) is 0 Å². The van der Waals surface area contributed by atoms with Crippen molar-refractivity contribution in [2.75, 3.05) is 68.5 Å². The van der Waals surface area contributed by atoms with Crippen LogP contribution in [0.5, 0.6) is 17.2 Å². The Labute approximate surface area is 417 Å². The summed E-state index contributed by atoms with van der Waals surface area (Å²) in [4.78, 5) is 63.5. The molecule has 2 atom stereocenters. The molecule has 0 aliphatic carbocycles. The number of carbonyl (C=O) groups is 3. The summed E-state index contributed by atoms with van der Waals surface area (Å²) in [6.07, 6.45) is 5.74. The summed E-state index contributed by atoms with van der Waals surface area (Å²) in [5.74, 6) is 1.24. The number of hydrogen-bond acceptors (Lipinski definition) is 11. The molecular weight excluding hydrogens is 917 g/mol. The Morgan fingerprint density at radius 2 is 1.41 bits per heavy atom. The smallest absolute Gasteiger partial charge is 0.261 e. The number of ether oxygens (including phenoxy) is 6. The van der Waals surface area contributed by atoms with Crippen LogP contribution in [0.3, 0.4) is 0 Å². The Morgan fingerprint density at radius 3 is 2.13 bits per heavy atom. The van der Waals surface area contributed by atoms with Gasteiger partial charge < -0.3 is 43.0 Å². The van der Waals surface area contributed by atoms with Crippen molar-refractivity contribution in [1.29, 1.82) is 0 Å². The molecular formula is C56H64N4O10Si. The molecule has 0 aromatic heterocycles. The topological polar surface area (TPSA) is 149 Å². The first-order chi connectivity index (χ1) is 34.4. The number of aliphatic imine (C=N–C) groups is 1. The summed E-state index contributed by atoms with van der Waals surface area (Å²) < 4.78 is 35.7. The molecule has 1 N–H and O–H groups in total. The van der Waals surface area contributed by atoms with E-state index in [0.717, 1.165) is 58.5 Å². The average molecular weight is 981 g/mol. The SMILES string of the molecule is COCCOCCOCCN(C(=O)CCC[Si](C)(C)O)c1cc(COc2cc3c(cc2C)C(=O)N2c4ccccc4C[C@H]2CC3)cc(COc2cc3c(cc2OC)C(=O)N2c4ccccc4C[C@H]2C=N3)c1. The molecule has 4 heterocycles. The molecule has 3 amide bonds. The first-order valence-corrected chi connectivity index (χ1v) is 27.8. The van der Waals surface area contributed by atoms with Crippen LogP contribution in [-0.2, 0) is 51.5 Å². The third-order valence-corrected chi connectivity index (χ3v) is 15.3. The summed E-state index contributed by atoms with van der Waals surface area (Å²) >= 11 is 0. The molecule has 14 nitrogen and oxygen atoms in total. The van der Waals surface area contributed by atoms with Crippen molar-refractivity contribution in [1.82, 2.24) is 0 Å². The van der Waals surface area contributed by atoms with Gasteiger partial charge in [0.2, 0.25) is 5.91 Å². The normalized spacial score (nSPS) is 16.6. The molecule has 5 aromatic carbocycles. The van der Waals surface area contributed by atoms with E-state index in [1.54, 1.807) is 36.2 Å². The van der Waals surface area contributed by atoms with Gasteiger partial charge in [-0.1, -0.05) is 36.4 Å². The maximum Gasteiger partial charge on any atom is 0.261 e. The van der Waals surface area contributed by atoms with E-state index in [1.165, 1.54) is 5.56 Å². The lowest BCUT2D eigenvalue weighted by Crippen LogP contribution is -2.37. The number of para-hydroxylation sites is 2. The van der Waals surface area contributed by atoms with Gasteiger partial charge in [-0.25, -0.2) is 0 Å². The van der Waals surface area contributed by atoms with Crippen molar-refractivity contribution >= 4 is 55.0 Å². The number of amides is 3.